The average Bonchev–Trinajstić information content (AvgIpc) is 2.53. The van der Waals surface area contributed by atoms with Crippen molar-refractivity contribution < 1.29 is 28.7 Å². The van der Waals surface area contributed by atoms with Crippen molar-refractivity contribution >= 4 is 23.3 Å². The molecule has 1 N–H and O–H groups in total. The number of nitrogens with one attached hydrogen (secondary N) is 1. The number of ether oxygens (including phenoxy) is 3. The molecule has 1 aliphatic rings. The lowest BCUT2D eigenvalue weighted by Gasteiger charge is -2.14. The third kappa shape index (κ3) is 3.95. The molecule has 0 saturated carbocycles. The predicted molar refractivity (Wildman–Crippen MR) is 72.7 cm³/mol. The molecule has 0 bridgehead atoms. The van der Waals surface area contributed by atoms with Crippen molar-refractivity contribution in [1.82, 2.24) is 0 Å². The highest BCUT2D eigenvalue weighted by Gasteiger charge is 2.19. The zero-order valence-electron chi connectivity index (χ0n) is 11.3. The van der Waals surface area contributed by atoms with E-state index in [1.54, 1.807) is 0 Å². The number of para-hydroxylation sites is 2. The van der Waals surface area contributed by atoms with E-state index in [1.165, 1.54) is 24.3 Å². The molecule has 1 heterocycles. The van der Waals surface area contributed by atoms with E-state index in [9.17, 15) is 19.7 Å². The lowest BCUT2D eigenvalue weighted by molar-refractivity contribution is -0.383. The Bertz CT molecular complexity index is 627. The van der Waals surface area contributed by atoms with Crippen LogP contribution in [0.5, 0.6) is 0 Å². The first-order valence-corrected chi connectivity index (χ1v) is 6.23. The van der Waals surface area contributed by atoms with Gasteiger partial charge in [0.2, 0.25) is 5.76 Å². The Kier molecular flexibility index (Phi) is 4.91. The molecule has 0 aromatic heterocycles. The predicted octanol–water partition coefficient (Wildman–Crippen LogP) is 0.965. The fourth-order valence-corrected chi connectivity index (χ4v) is 1.60. The van der Waals surface area contributed by atoms with Crippen LogP contribution >= 0.6 is 0 Å². The molecule has 0 fully saturated rings. The maximum atomic E-state index is 11.7. The van der Waals surface area contributed by atoms with Gasteiger partial charge in [-0.05, 0) is 6.07 Å². The summed E-state index contributed by atoms with van der Waals surface area (Å²) in [5, 5.41) is 13.1. The summed E-state index contributed by atoms with van der Waals surface area (Å²) in [5.41, 5.74) is -0.237. The zero-order chi connectivity index (χ0) is 15.9. The van der Waals surface area contributed by atoms with Gasteiger partial charge in [-0.2, -0.15) is 0 Å². The van der Waals surface area contributed by atoms with Gasteiger partial charge in [0.1, 0.15) is 25.2 Å². The Morgan fingerprint density at radius 2 is 2.09 bits per heavy atom. The zero-order valence-corrected chi connectivity index (χ0v) is 11.3. The van der Waals surface area contributed by atoms with E-state index in [1.807, 2.05) is 0 Å². The topological polar surface area (TPSA) is 117 Å². The summed E-state index contributed by atoms with van der Waals surface area (Å²) in [7, 11) is 0. The number of benzene rings is 1. The molecule has 0 atom stereocenters. The van der Waals surface area contributed by atoms with Gasteiger partial charge in [-0.3, -0.25) is 14.9 Å². The second kappa shape index (κ2) is 7.07. The average molecular weight is 308 g/mol. The molecule has 0 radical (unpaired) electrons. The number of rotatable bonds is 5. The molecule has 0 saturated heterocycles. The van der Waals surface area contributed by atoms with Gasteiger partial charge < -0.3 is 19.5 Å². The number of nitro benzene ring substituents is 1. The van der Waals surface area contributed by atoms with Gasteiger partial charge in [0, 0.05) is 6.07 Å². The summed E-state index contributed by atoms with van der Waals surface area (Å²) in [6.07, 6.45) is 1.10. The van der Waals surface area contributed by atoms with Gasteiger partial charge in [0.05, 0.1) is 4.92 Å². The molecule has 116 valence electrons. The van der Waals surface area contributed by atoms with Crippen LogP contribution in [0.1, 0.15) is 0 Å². The smallest absolute Gasteiger partial charge is 0.377 e. The second-order valence-corrected chi connectivity index (χ2v) is 4.10. The summed E-state index contributed by atoms with van der Waals surface area (Å²) < 4.78 is 14.6. The lowest BCUT2D eigenvalue weighted by atomic mass is 10.2. The Hall–Kier alpha value is -3.10. The Balaban J connectivity index is 1.89. The summed E-state index contributed by atoms with van der Waals surface area (Å²) in [5.74, 6) is -1.69. The molecule has 0 spiro atoms. The van der Waals surface area contributed by atoms with Gasteiger partial charge in [-0.15, -0.1) is 0 Å². The molecular weight excluding hydrogens is 296 g/mol. The van der Waals surface area contributed by atoms with Gasteiger partial charge >= 0.3 is 5.97 Å². The van der Waals surface area contributed by atoms with Crippen molar-refractivity contribution in [2.45, 2.75) is 0 Å². The molecule has 0 aliphatic carbocycles. The van der Waals surface area contributed by atoms with E-state index in [-0.39, 0.29) is 23.7 Å². The van der Waals surface area contributed by atoms with E-state index in [0.717, 1.165) is 6.26 Å². The molecule has 22 heavy (non-hydrogen) atoms. The van der Waals surface area contributed by atoms with Gasteiger partial charge in [0.15, 0.2) is 6.61 Å². The van der Waals surface area contributed by atoms with Gasteiger partial charge in [-0.25, -0.2) is 4.79 Å². The van der Waals surface area contributed by atoms with E-state index < -0.39 is 23.4 Å². The van der Waals surface area contributed by atoms with Crippen molar-refractivity contribution in [3.8, 4) is 0 Å². The minimum absolute atomic E-state index is 0.0185. The first-order valence-electron chi connectivity index (χ1n) is 6.23. The highest BCUT2D eigenvalue weighted by molar-refractivity contribution is 5.96. The number of nitrogens with zero attached hydrogens (tertiary/aromatic N) is 1. The summed E-state index contributed by atoms with van der Waals surface area (Å²) in [6.45, 7) is -0.0656. The van der Waals surface area contributed by atoms with Crippen molar-refractivity contribution in [3.05, 3.63) is 46.4 Å². The Morgan fingerprint density at radius 1 is 1.32 bits per heavy atom. The number of carbonyl (C=O) groups excluding carboxylic acids is 2. The van der Waals surface area contributed by atoms with Crippen molar-refractivity contribution in [3.63, 3.8) is 0 Å². The molecular formula is C13H12N2O7. The molecule has 1 aliphatic heterocycles. The second-order valence-electron chi connectivity index (χ2n) is 4.10. The first kappa shape index (κ1) is 15.3. The largest absolute Gasteiger partial charge is 0.493 e. The minimum atomic E-state index is -0.850. The van der Waals surface area contributed by atoms with Gasteiger partial charge in [0.25, 0.3) is 11.6 Å². The summed E-state index contributed by atoms with van der Waals surface area (Å²) >= 11 is 0. The van der Waals surface area contributed by atoms with Crippen LogP contribution in [0, 0.1) is 10.1 Å². The van der Waals surface area contributed by atoms with Crippen molar-refractivity contribution in [1.29, 1.82) is 0 Å². The molecule has 9 nitrogen and oxygen atoms in total. The maximum Gasteiger partial charge on any atom is 0.377 e. The summed E-state index contributed by atoms with van der Waals surface area (Å²) in [4.78, 5) is 33.4. The van der Waals surface area contributed by atoms with Gasteiger partial charge in [-0.1, -0.05) is 12.1 Å². The monoisotopic (exact) mass is 308 g/mol. The number of anilines is 1. The summed E-state index contributed by atoms with van der Waals surface area (Å²) in [6, 6.07) is 5.63. The Labute approximate surface area is 124 Å². The SMILES string of the molecule is O=C(COC(=O)C1=COCCO1)Nc1ccccc1[N+](=O)[O-]. The quantitative estimate of drug-likeness (QED) is 0.489. The van der Waals surface area contributed by atoms with Crippen molar-refractivity contribution in [2.75, 3.05) is 25.1 Å². The van der Waals surface area contributed by atoms with E-state index in [4.69, 9.17) is 14.2 Å². The normalized spacial score (nSPS) is 13.2. The highest BCUT2D eigenvalue weighted by atomic mass is 16.6. The number of nitro groups is 1. The van der Waals surface area contributed by atoms with Crippen LogP contribution in [0.25, 0.3) is 0 Å². The molecule has 9 heteroatoms. The van der Waals surface area contributed by atoms with Crippen LogP contribution in [0.3, 0.4) is 0 Å². The van der Waals surface area contributed by atoms with Crippen LogP contribution in [-0.2, 0) is 23.8 Å². The maximum absolute atomic E-state index is 11.7. The molecule has 1 amide bonds. The van der Waals surface area contributed by atoms with Crippen LogP contribution in [-0.4, -0.2) is 36.6 Å². The van der Waals surface area contributed by atoms with E-state index in [0.29, 0.717) is 6.61 Å². The number of hydrogen-bond donors (Lipinski definition) is 1. The number of carbonyl (C=O) groups is 2. The lowest BCUT2D eigenvalue weighted by Crippen LogP contribution is -2.24. The third-order valence-electron chi connectivity index (χ3n) is 2.56. The fraction of sp³-hybridized carbons (Fsp3) is 0.231. The van der Waals surface area contributed by atoms with E-state index >= 15 is 0 Å². The molecule has 0 unspecified atom stereocenters. The standard InChI is InChI=1S/C13H12N2O7/c16-12(8-22-13(17)11-7-20-5-6-21-11)14-9-3-1-2-4-10(9)15(18)19/h1-4,7H,5-6,8H2,(H,14,16). The van der Waals surface area contributed by atoms with Crippen molar-refractivity contribution in [2.24, 2.45) is 0 Å². The number of hydrogen-bond acceptors (Lipinski definition) is 7. The Morgan fingerprint density at radius 3 is 2.77 bits per heavy atom. The van der Waals surface area contributed by atoms with E-state index in [2.05, 4.69) is 5.32 Å². The molecule has 2 rings (SSSR count). The van der Waals surface area contributed by atoms with Crippen LogP contribution in [0.15, 0.2) is 36.3 Å². The van der Waals surface area contributed by atoms with Crippen LogP contribution < -0.4 is 5.32 Å². The minimum Gasteiger partial charge on any atom is -0.493 e. The first-order chi connectivity index (χ1) is 10.6. The fourth-order valence-electron chi connectivity index (χ4n) is 1.60. The molecule has 1 aromatic rings. The number of esters is 1. The molecule has 1 aromatic carbocycles. The highest BCUT2D eigenvalue weighted by Crippen LogP contribution is 2.22. The third-order valence-corrected chi connectivity index (χ3v) is 2.56. The van der Waals surface area contributed by atoms with Crippen LogP contribution in [0.4, 0.5) is 11.4 Å². The number of amides is 1. The van der Waals surface area contributed by atoms with Crippen LogP contribution in [0.2, 0.25) is 0 Å².